The van der Waals surface area contributed by atoms with Gasteiger partial charge in [0.25, 0.3) is 0 Å². The number of para-hydroxylation sites is 1. The molecule has 0 saturated heterocycles. The molecule has 0 radical (unpaired) electrons. The van der Waals surface area contributed by atoms with Crippen LogP contribution in [-0.4, -0.2) is 20.0 Å². The fraction of sp³-hybridized carbons (Fsp3) is 0.182. The Labute approximate surface area is 92.8 Å². The summed E-state index contributed by atoms with van der Waals surface area (Å²) >= 11 is 0. The van der Waals surface area contributed by atoms with E-state index in [9.17, 15) is 5.11 Å². The van der Waals surface area contributed by atoms with Crippen LogP contribution in [-0.2, 0) is 13.2 Å². The van der Waals surface area contributed by atoms with Crippen LogP contribution in [0.2, 0.25) is 0 Å². The summed E-state index contributed by atoms with van der Waals surface area (Å²) in [6.45, 7) is 0.255. The van der Waals surface area contributed by atoms with Gasteiger partial charge in [0.05, 0.1) is 19.3 Å². The summed E-state index contributed by atoms with van der Waals surface area (Å²) < 4.78 is 1.54. The molecular weight excluding hydrogens is 206 g/mol. The lowest BCUT2D eigenvalue weighted by Crippen LogP contribution is -2.06. The fourth-order valence-electron chi connectivity index (χ4n) is 1.49. The maximum absolute atomic E-state index is 9.60. The van der Waals surface area contributed by atoms with Gasteiger partial charge in [-0.25, -0.2) is 4.68 Å². The zero-order valence-electron chi connectivity index (χ0n) is 8.67. The van der Waals surface area contributed by atoms with Crippen molar-refractivity contribution in [1.29, 1.82) is 0 Å². The molecule has 0 unspecified atom stereocenters. The number of hydrogen-bond donors (Lipinski definition) is 3. The number of aromatic nitrogens is 2. The molecule has 0 saturated carbocycles. The van der Waals surface area contributed by atoms with Crippen molar-refractivity contribution in [2.75, 3.05) is 5.73 Å². The zero-order valence-corrected chi connectivity index (χ0v) is 8.67. The van der Waals surface area contributed by atoms with Crippen LogP contribution in [0, 0.1) is 0 Å². The van der Waals surface area contributed by atoms with Crippen molar-refractivity contribution in [1.82, 2.24) is 9.78 Å². The molecule has 0 spiro atoms. The molecule has 16 heavy (non-hydrogen) atoms. The summed E-state index contributed by atoms with van der Waals surface area (Å²) in [5.41, 5.74) is 7.10. The molecule has 0 amide bonds. The predicted octanol–water partition coefficient (Wildman–Crippen LogP) is 0.711. The Kier molecular flexibility index (Phi) is 2.78. The second-order valence-electron chi connectivity index (χ2n) is 3.50. The first-order chi connectivity index (χ1) is 7.72. The highest BCUT2D eigenvalue weighted by Crippen LogP contribution is 2.19. The van der Waals surface area contributed by atoms with E-state index in [0.717, 1.165) is 5.56 Å². The number of nitrogens with zero attached hydrogens (tertiary/aromatic N) is 2. The first-order valence-corrected chi connectivity index (χ1v) is 4.90. The number of phenols is 1. The van der Waals surface area contributed by atoms with Crippen LogP contribution in [0.25, 0.3) is 0 Å². The van der Waals surface area contributed by atoms with Gasteiger partial charge in [0.2, 0.25) is 0 Å². The van der Waals surface area contributed by atoms with Crippen molar-refractivity contribution in [2.24, 2.45) is 0 Å². The third-order valence-corrected chi connectivity index (χ3v) is 2.44. The molecule has 2 rings (SSSR count). The molecule has 0 aliphatic rings. The van der Waals surface area contributed by atoms with Crippen LogP contribution in [0.5, 0.6) is 5.75 Å². The van der Waals surface area contributed by atoms with Crippen molar-refractivity contribution in [3.8, 4) is 5.75 Å². The van der Waals surface area contributed by atoms with Gasteiger partial charge >= 0.3 is 0 Å². The van der Waals surface area contributed by atoms with E-state index in [2.05, 4.69) is 5.10 Å². The smallest absolute Gasteiger partial charge is 0.127 e. The maximum Gasteiger partial charge on any atom is 0.127 e. The number of benzene rings is 1. The monoisotopic (exact) mass is 219 g/mol. The quantitative estimate of drug-likeness (QED) is 0.709. The largest absolute Gasteiger partial charge is 0.508 e. The molecular formula is C11H13N3O2. The van der Waals surface area contributed by atoms with Crippen molar-refractivity contribution >= 4 is 5.82 Å². The van der Waals surface area contributed by atoms with Crippen molar-refractivity contribution in [3.63, 3.8) is 0 Å². The van der Waals surface area contributed by atoms with Crippen molar-refractivity contribution in [2.45, 2.75) is 13.2 Å². The van der Waals surface area contributed by atoms with Crippen LogP contribution < -0.4 is 5.73 Å². The number of hydrogen-bond acceptors (Lipinski definition) is 4. The van der Waals surface area contributed by atoms with Gasteiger partial charge in [-0.2, -0.15) is 5.10 Å². The highest BCUT2D eigenvalue weighted by Gasteiger charge is 2.08. The minimum Gasteiger partial charge on any atom is -0.508 e. The molecule has 0 atom stereocenters. The number of nitrogen functional groups attached to an aromatic ring is 1. The highest BCUT2D eigenvalue weighted by molar-refractivity contribution is 5.40. The molecule has 1 aromatic heterocycles. The highest BCUT2D eigenvalue weighted by atomic mass is 16.3. The van der Waals surface area contributed by atoms with Crippen LogP contribution in [0.4, 0.5) is 5.82 Å². The third-order valence-electron chi connectivity index (χ3n) is 2.44. The fourth-order valence-corrected chi connectivity index (χ4v) is 1.49. The molecule has 0 aliphatic carbocycles. The molecule has 0 bridgehead atoms. The summed E-state index contributed by atoms with van der Waals surface area (Å²) in [6, 6.07) is 7.00. The molecule has 1 heterocycles. The average Bonchev–Trinajstić information content (AvgIpc) is 2.63. The predicted molar refractivity (Wildman–Crippen MR) is 59.8 cm³/mol. The SMILES string of the molecule is Nc1c(CO)cnn1Cc1ccccc1O. The Morgan fingerprint density at radius 2 is 2.00 bits per heavy atom. The zero-order chi connectivity index (χ0) is 11.5. The van der Waals surface area contributed by atoms with Crippen LogP contribution in [0.3, 0.4) is 0 Å². The molecule has 5 nitrogen and oxygen atoms in total. The lowest BCUT2D eigenvalue weighted by molar-refractivity contribution is 0.282. The Balaban J connectivity index is 2.27. The molecule has 2 aromatic rings. The van der Waals surface area contributed by atoms with Gasteiger partial charge in [-0.3, -0.25) is 0 Å². The van der Waals surface area contributed by atoms with Gasteiger partial charge in [0.1, 0.15) is 11.6 Å². The number of rotatable bonds is 3. The Morgan fingerprint density at radius 1 is 1.25 bits per heavy atom. The van der Waals surface area contributed by atoms with Gasteiger partial charge in [0.15, 0.2) is 0 Å². The van der Waals surface area contributed by atoms with Crippen LogP contribution >= 0.6 is 0 Å². The van der Waals surface area contributed by atoms with Gasteiger partial charge in [-0.15, -0.1) is 0 Å². The minimum absolute atomic E-state index is 0.132. The van der Waals surface area contributed by atoms with E-state index in [1.165, 1.54) is 6.20 Å². The lowest BCUT2D eigenvalue weighted by Gasteiger charge is -2.06. The van der Waals surface area contributed by atoms with E-state index < -0.39 is 0 Å². The minimum atomic E-state index is -0.132. The van der Waals surface area contributed by atoms with Gasteiger partial charge in [-0.1, -0.05) is 18.2 Å². The maximum atomic E-state index is 9.60. The third kappa shape index (κ3) is 1.85. The first kappa shape index (κ1) is 10.5. The van der Waals surface area contributed by atoms with E-state index in [4.69, 9.17) is 10.8 Å². The normalized spacial score (nSPS) is 10.6. The molecule has 0 aliphatic heterocycles. The van der Waals surface area contributed by atoms with Gasteiger partial charge in [0, 0.05) is 11.1 Å². The second kappa shape index (κ2) is 4.24. The number of anilines is 1. The number of aliphatic hydroxyl groups is 1. The van der Waals surface area contributed by atoms with Gasteiger partial charge < -0.3 is 15.9 Å². The summed E-state index contributed by atoms with van der Waals surface area (Å²) in [7, 11) is 0. The molecule has 5 heteroatoms. The standard InChI is InChI=1S/C11H13N3O2/c12-11-9(7-15)5-13-14(11)6-8-3-1-2-4-10(8)16/h1-5,15-16H,6-7,12H2. The summed E-state index contributed by atoms with van der Waals surface area (Å²) in [5.74, 6) is 0.633. The molecule has 0 fully saturated rings. The molecule has 4 N–H and O–H groups in total. The van der Waals surface area contributed by atoms with Crippen LogP contribution in [0.1, 0.15) is 11.1 Å². The number of aliphatic hydroxyl groups excluding tert-OH is 1. The topological polar surface area (TPSA) is 84.3 Å². The first-order valence-electron chi connectivity index (χ1n) is 4.90. The number of nitrogens with two attached hydrogens (primary N) is 1. The Hall–Kier alpha value is -2.01. The van der Waals surface area contributed by atoms with E-state index in [1.54, 1.807) is 22.9 Å². The van der Waals surface area contributed by atoms with E-state index in [0.29, 0.717) is 17.9 Å². The van der Waals surface area contributed by atoms with E-state index in [-0.39, 0.29) is 12.4 Å². The number of phenolic OH excluding ortho intramolecular Hbond substituents is 1. The second-order valence-corrected chi connectivity index (χ2v) is 3.50. The van der Waals surface area contributed by atoms with Crippen molar-refractivity contribution < 1.29 is 10.2 Å². The lowest BCUT2D eigenvalue weighted by atomic mass is 10.2. The number of aromatic hydroxyl groups is 1. The summed E-state index contributed by atoms with van der Waals surface area (Å²) in [5, 5.41) is 22.6. The van der Waals surface area contributed by atoms with E-state index in [1.807, 2.05) is 6.07 Å². The van der Waals surface area contributed by atoms with Crippen LogP contribution in [0.15, 0.2) is 30.5 Å². The molecule has 1 aromatic carbocycles. The Morgan fingerprint density at radius 3 is 2.62 bits per heavy atom. The Bertz CT molecular complexity index is 494. The summed E-state index contributed by atoms with van der Waals surface area (Å²) in [6.07, 6.45) is 1.52. The van der Waals surface area contributed by atoms with Gasteiger partial charge in [-0.05, 0) is 6.07 Å². The van der Waals surface area contributed by atoms with E-state index >= 15 is 0 Å². The van der Waals surface area contributed by atoms with Crippen molar-refractivity contribution in [3.05, 3.63) is 41.6 Å². The average molecular weight is 219 g/mol. The molecule has 84 valence electrons. The summed E-state index contributed by atoms with van der Waals surface area (Å²) in [4.78, 5) is 0.